The molecule has 0 saturated heterocycles. The first-order chi connectivity index (χ1) is 12.0. The van der Waals surface area contributed by atoms with Crippen molar-refractivity contribution in [2.24, 2.45) is 0 Å². The molecule has 0 unspecified atom stereocenters. The van der Waals surface area contributed by atoms with Crippen LogP contribution in [0.2, 0.25) is 0 Å². The Morgan fingerprint density at radius 1 is 1.04 bits per heavy atom. The summed E-state index contributed by atoms with van der Waals surface area (Å²) < 4.78 is 38.5. The minimum absolute atomic E-state index is 0.227. The molecule has 0 amide bonds. The van der Waals surface area contributed by atoms with Crippen molar-refractivity contribution in [3.05, 3.63) is 75.6 Å². The summed E-state index contributed by atoms with van der Waals surface area (Å²) in [6.07, 6.45) is -3.83. The average molecular weight is 358 g/mol. The first-order valence-electron chi connectivity index (χ1n) is 7.54. The monoisotopic (exact) mass is 358 g/mol. The van der Waals surface area contributed by atoms with Crippen LogP contribution < -0.4 is 0 Å². The largest absolute Gasteiger partial charge is 0.416 e. The van der Waals surface area contributed by atoms with Gasteiger partial charge in [-0.3, -0.25) is 0 Å². The quantitative estimate of drug-likeness (QED) is 0.619. The molecule has 3 rings (SSSR count). The van der Waals surface area contributed by atoms with E-state index in [2.05, 4.69) is 11.1 Å². The van der Waals surface area contributed by atoms with Crippen LogP contribution >= 0.6 is 11.3 Å². The highest BCUT2D eigenvalue weighted by atomic mass is 32.1. The Morgan fingerprint density at radius 3 is 2.48 bits per heavy atom. The number of nitrogens with zero attached hydrogens (tertiary/aromatic N) is 2. The van der Waals surface area contributed by atoms with E-state index in [9.17, 15) is 13.2 Å². The van der Waals surface area contributed by atoms with Crippen LogP contribution in [-0.4, -0.2) is 4.98 Å². The zero-order chi connectivity index (χ0) is 17.9. The van der Waals surface area contributed by atoms with E-state index in [1.807, 2.05) is 30.3 Å². The van der Waals surface area contributed by atoms with Gasteiger partial charge >= 0.3 is 6.18 Å². The van der Waals surface area contributed by atoms with Gasteiger partial charge in [-0.2, -0.15) is 18.4 Å². The maximum Gasteiger partial charge on any atom is 0.416 e. The number of hydrogen-bond donors (Lipinski definition) is 0. The Hall–Kier alpha value is -2.65. The van der Waals surface area contributed by atoms with Gasteiger partial charge in [-0.05, 0) is 11.6 Å². The highest BCUT2D eigenvalue weighted by molar-refractivity contribution is 7.12. The van der Waals surface area contributed by atoms with E-state index in [-0.39, 0.29) is 6.42 Å². The van der Waals surface area contributed by atoms with Crippen molar-refractivity contribution in [2.45, 2.75) is 19.0 Å². The normalized spacial score (nSPS) is 11.3. The maximum atomic E-state index is 12.8. The summed E-state index contributed by atoms with van der Waals surface area (Å²) in [5.41, 5.74) is 1.52. The number of aromatic nitrogens is 1. The number of rotatable bonds is 4. The lowest BCUT2D eigenvalue weighted by molar-refractivity contribution is -0.137. The van der Waals surface area contributed by atoms with Gasteiger partial charge in [-0.1, -0.05) is 48.5 Å². The molecule has 0 N–H and O–H groups in total. The molecule has 2 nitrogen and oxygen atoms in total. The number of benzene rings is 2. The topological polar surface area (TPSA) is 36.7 Å². The number of alkyl halides is 3. The summed E-state index contributed by atoms with van der Waals surface area (Å²) in [5.74, 6) is 0. The standard InChI is InChI=1S/C19H13F3N2S/c20-19(21,22)15-8-4-5-13(11-15)12-17-24-18(16(25-17)9-10-23)14-6-2-1-3-7-14/h1-8,11H,9,12H2. The lowest BCUT2D eigenvalue weighted by Gasteiger charge is -2.07. The zero-order valence-corrected chi connectivity index (χ0v) is 13.9. The molecule has 126 valence electrons. The predicted octanol–water partition coefficient (Wildman–Crippen LogP) is 5.49. The third kappa shape index (κ3) is 4.06. The van der Waals surface area contributed by atoms with Crippen LogP contribution in [0, 0.1) is 11.3 Å². The molecule has 0 bridgehead atoms. The van der Waals surface area contributed by atoms with Crippen molar-refractivity contribution >= 4 is 11.3 Å². The molecule has 0 atom stereocenters. The minimum atomic E-state index is -4.36. The zero-order valence-electron chi connectivity index (χ0n) is 13.0. The second kappa shape index (κ2) is 7.08. The van der Waals surface area contributed by atoms with Crippen LogP contribution in [0.4, 0.5) is 13.2 Å². The second-order valence-corrected chi connectivity index (χ2v) is 6.62. The summed E-state index contributed by atoms with van der Waals surface area (Å²) in [5, 5.41) is 9.72. The molecule has 1 heterocycles. The van der Waals surface area contributed by atoms with Crippen LogP contribution in [-0.2, 0) is 19.0 Å². The molecule has 2 aromatic carbocycles. The van der Waals surface area contributed by atoms with Gasteiger partial charge in [0.1, 0.15) is 0 Å². The fourth-order valence-corrected chi connectivity index (χ4v) is 3.58. The van der Waals surface area contributed by atoms with Crippen molar-refractivity contribution in [3.8, 4) is 17.3 Å². The summed E-state index contributed by atoms with van der Waals surface area (Å²) in [6, 6.07) is 16.9. The first kappa shape index (κ1) is 17.2. The fraction of sp³-hybridized carbons (Fsp3) is 0.158. The fourth-order valence-electron chi connectivity index (χ4n) is 2.52. The average Bonchev–Trinajstić information content (AvgIpc) is 2.98. The first-order valence-corrected chi connectivity index (χ1v) is 8.36. The van der Waals surface area contributed by atoms with E-state index in [0.717, 1.165) is 28.3 Å². The highest BCUT2D eigenvalue weighted by Crippen LogP contribution is 2.32. The van der Waals surface area contributed by atoms with Gasteiger partial charge in [0, 0.05) is 16.9 Å². The van der Waals surface area contributed by atoms with E-state index < -0.39 is 11.7 Å². The molecule has 3 aromatic rings. The molecule has 0 aliphatic rings. The molecular formula is C19H13F3N2S. The van der Waals surface area contributed by atoms with Crippen molar-refractivity contribution in [1.82, 2.24) is 4.98 Å². The van der Waals surface area contributed by atoms with Crippen molar-refractivity contribution in [2.75, 3.05) is 0 Å². The SMILES string of the molecule is N#CCc1sc(Cc2cccc(C(F)(F)F)c2)nc1-c1ccccc1. The highest BCUT2D eigenvalue weighted by Gasteiger charge is 2.30. The maximum absolute atomic E-state index is 12.8. The van der Waals surface area contributed by atoms with E-state index >= 15 is 0 Å². The summed E-state index contributed by atoms with van der Waals surface area (Å²) in [7, 11) is 0. The Balaban J connectivity index is 1.93. The Morgan fingerprint density at radius 2 is 1.80 bits per heavy atom. The Bertz CT molecular complexity index is 908. The number of halogens is 3. The summed E-state index contributed by atoms with van der Waals surface area (Å²) in [4.78, 5) is 5.40. The molecule has 0 aliphatic carbocycles. The van der Waals surface area contributed by atoms with Gasteiger partial charge in [0.25, 0.3) is 0 Å². The van der Waals surface area contributed by atoms with Gasteiger partial charge in [-0.25, -0.2) is 4.98 Å². The summed E-state index contributed by atoms with van der Waals surface area (Å²) in [6.45, 7) is 0. The molecule has 6 heteroatoms. The number of nitriles is 1. The molecule has 0 saturated carbocycles. The van der Waals surface area contributed by atoms with Crippen LogP contribution in [0.5, 0.6) is 0 Å². The van der Waals surface area contributed by atoms with Crippen molar-refractivity contribution in [1.29, 1.82) is 5.26 Å². The Kier molecular flexibility index (Phi) is 4.86. The lowest BCUT2D eigenvalue weighted by atomic mass is 10.1. The predicted molar refractivity (Wildman–Crippen MR) is 91.1 cm³/mol. The van der Waals surface area contributed by atoms with Gasteiger partial charge < -0.3 is 0 Å². The second-order valence-electron chi connectivity index (χ2n) is 5.46. The van der Waals surface area contributed by atoms with E-state index in [4.69, 9.17) is 5.26 Å². The molecular weight excluding hydrogens is 345 g/mol. The van der Waals surface area contributed by atoms with E-state index in [0.29, 0.717) is 17.0 Å². The lowest BCUT2D eigenvalue weighted by Crippen LogP contribution is -2.05. The molecule has 25 heavy (non-hydrogen) atoms. The minimum Gasteiger partial charge on any atom is -0.241 e. The molecule has 0 aliphatic heterocycles. The van der Waals surface area contributed by atoms with E-state index in [1.54, 1.807) is 6.07 Å². The van der Waals surface area contributed by atoms with Gasteiger partial charge in [-0.15, -0.1) is 11.3 Å². The third-order valence-corrected chi connectivity index (χ3v) is 4.69. The van der Waals surface area contributed by atoms with Gasteiger partial charge in [0.05, 0.1) is 28.8 Å². The molecule has 0 spiro atoms. The van der Waals surface area contributed by atoms with Gasteiger partial charge in [0.15, 0.2) is 0 Å². The molecule has 1 aromatic heterocycles. The van der Waals surface area contributed by atoms with Crippen molar-refractivity contribution < 1.29 is 13.2 Å². The van der Waals surface area contributed by atoms with Crippen LogP contribution in [0.15, 0.2) is 54.6 Å². The van der Waals surface area contributed by atoms with Crippen LogP contribution in [0.25, 0.3) is 11.3 Å². The number of thiazole rings is 1. The summed E-state index contributed by atoms with van der Waals surface area (Å²) >= 11 is 1.37. The van der Waals surface area contributed by atoms with Crippen LogP contribution in [0.3, 0.4) is 0 Å². The smallest absolute Gasteiger partial charge is 0.241 e. The van der Waals surface area contributed by atoms with Crippen molar-refractivity contribution in [3.63, 3.8) is 0 Å². The van der Waals surface area contributed by atoms with E-state index in [1.165, 1.54) is 17.4 Å². The third-order valence-electron chi connectivity index (χ3n) is 3.64. The van der Waals surface area contributed by atoms with Gasteiger partial charge in [0.2, 0.25) is 0 Å². The molecule has 0 radical (unpaired) electrons. The number of hydrogen-bond acceptors (Lipinski definition) is 3. The Labute approximate surface area is 147 Å². The van der Waals surface area contributed by atoms with Crippen LogP contribution in [0.1, 0.15) is 21.0 Å². The molecule has 0 fully saturated rings.